The van der Waals surface area contributed by atoms with Gasteiger partial charge < -0.3 is 24.4 Å². The van der Waals surface area contributed by atoms with Gasteiger partial charge >= 0.3 is 0 Å². The van der Waals surface area contributed by atoms with Crippen LogP contribution in [-0.2, 0) is 4.79 Å². The normalized spacial score (nSPS) is 15.9. The number of methoxy groups -OCH3 is 2. The summed E-state index contributed by atoms with van der Waals surface area (Å²) in [7, 11) is 3.08. The Bertz CT molecular complexity index is 844. The first-order valence-corrected chi connectivity index (χ1v) is 9.58. The number of rotatable bonds is 8. The van der Waals surface area contributed by atoms with Gasteiger partial charge in [0.2, 0.25) is 5.91 Å². The van der Waals surface area contributed by atoms with Gasteiger partial charge in [0.1, 0.15) is 17.2 Å². The quantitative estimate of drug-likeness (QED) is 0.740. The largest absolute Gasteiger partial charge is 0.497 e. The van der Waals surface area contributed by atoms with Crippen LogP contribution in [0.3, 0.4) is 0 Å². The van der Waals surface area contributed by atoms with Gasteiger partial charge in [-0.2, -0.15) is 0 Å². The molecule has 2 aromatic rings. The van der Waals surface area contributed by atoms with Gasteiger partial charge in [-0.05, 0) is 43.3 Å². The van der Waals surface area contributed by atoms with Crippen LogP contribution in [-0.4, -0.2) is 45.7 Å². The maximum Gasteiger partial charge on any atom is 0.251 e. The molecule has 1 N–H and O–H groups in total. The molecule has 154 valence electrons. The Labute approximate surface area is 170 Å². The van der Waals surface area contributed by atoms with Gasteiger partial charge in [-0.3, -0.25) is 9.59 Å². The van der Waals surface area contributed by atoms with Crippen molar-refractivity contribution in [3.63, 3.8) is 0 Å². The number of amides is 2. The Morgan fingerprint density at radius 2 is 1.72 bits per heavy atom. The second kappa shape index (κ2) is 9.32. The third-order valence-corrected chi connectivity index (χ3v) is 4.83. The summed E-state index contributed by atoms with van der Waals surface area (Å²) in [4.78, 5) is 26.7. The lowest BCUT2D eigenvalue weighted by Crippen LogP contribution is -2.31. The summed E-state index contributed by atoms with van der Waals surface area (Å²) in [5, 5.41) is 2.91. The maximum atomic E-state index is 12.5. The van der Waals surface area contributed by atoms with Crippen LogP contribution in [0.2, 0.25) is 0 Å². The molecule has 1 unspecified atom stereocenters. The summed E-state index contributed by atoms with van der Waals surface area (Å²) in [6, 6.07) is 12.5. The van der Waals surface area contributed by atoms with E-state index in [1.807, 2.05) is 31.2 Å². The summed E-state index contributed by atoms with van der Waals surface area (Å²) < 4.78 is 15.9. The topological polar surface area (TPSA) is 77.1 Å². The van der Waals surface area contributed by atoms with Crippen LogP contribution in [0.4, 0.5) is 5.69 Å². The van der Waals surface area contributed by atoms with E-state index in [1.54, 1.807) is 23.1 Å². The van der Waals surface area contributed by atoms with Crippen molar-refractivity contribution >= 4 is 17.5 Å². The minimum absolute atomic E-state index is 0.0468. The standard InChI is InChI=1S/C22H26N2O5/c1-4-29-18-7-5-17(6-8-18)24-14-15(9-21(24)25)13-23-22(26)16-10-19(27-2)12-20(11-16)28-3/h5-8,10-12,15H,4,9,13-14H2,1-3H3,(H,23,26). The molecule has 0 bridgehead atoms. The van der Waals surface area contributed by atoms with E-state index in [2.05, 4.69) is 5.32 Å². The summed E-state index contributed by atoms with van der Waals surface area (Å²) in [5.74, 6) is 1.75. The molecule has 2 aromatic carbocycles. The minimum Gasteiger partial charge on any atom is -0.497 e. The van der Waals surface area contributed by atoms with E-state index >= 15 is 0 Å². The fourth-order valence-electron chi connectivity index (χ4n) is 3.33. The van der Waals surface area contributed by atoms with E-state index in [4.69, 9.17) is 14.2 Å². The van der Waals surface area contributed by atoms with Crippen molar-refractivity contribution in [3.8, 4) is 17.2 Å². The first-order valence-electron chi connectivity index (χ1n) is 9.58. The van der Waals surface area contributed by atoms with Crippen molar-refractivity contribution in [2.75, 3.05) is 38.8 Å². The van der Waals surface area contributed by atoms with Crippen molar-refractivity contribution in [1.82, 2.24) is 5.32 Å². The molecule has 1 aliphatic heterocycles. The number of carbonyl (C=O) groups is 2. The van der Waals surface area contributed by atoms with Crippen LogP contribution < -0.4 is 24.4 Å². The van der Waals surface area contributed by atoms with Crippen molar-refractivity contribution in [2.45, 2.75) is 13.3 Å². The first-order chi connectivity index (χ1) is 14.0. The number of hydrogen-bond acceptors (Lipinski definition) is 5. The molecule has 1 heterocycles. The molecule has 0 radical (unpaired) electrons. The molecule has 29 heavy (non-hydrogen) atoms. The highest BCUT2D eigenvalue weighted by atomic mass is 16.5. The fourth-order valence-corrected chi connectivity index (χ4v) is 3.33. The van der Waals surface area contributed by atoms with Crippen molar-refractivity contribution in [1.29, 1.82) is 0 Å². The predicted octanol–water partition coefficient (Wildman–Crippen LogP) is 2.89. The van der Waals surface area contributed by atoms with E-state index in [0.717, 1.165) is 11.4 Å². The van der Waals surface area contributed by atoms with Crippen LogP contribution in [0.1, 0.15) is 23.7 Å². The number of carbonyl (C=O) groups excluding carboxylic acids is 2. The number of nitrogens with zero attached hydrogens (tertiary/aromatic N) is 1. The highest BCUT2D eigenvalue weighted by Gasteiger charge is 2.30. The molecule has 1 fully saturated rings. The zero-order valence-corrected chi connectivity index (χ0v) is 16.9. The van der Waals surface area contributed by atoms with Gasteiger partial charge in [-0.25, -0.2) is 0 Å². The summed E-state index contributed by atoms with van der Waals surface area (Å²) in [6.07, 6.45) is 0.398. The molecule has 3 rings (SSSR count). The third-order valence-electron chi connectivity index (χ3n) is 4.83. The van der Waals surface area contributed by atoms with Gasteiger partial charge in [0.25, 0.3) is 5.91 Å². The lowest BCUT2D eigenvalue weighted by molar-refractivity contribution is -0.117. The smallest absolute Gasteiger partial charge is 0.251 e. The summed E-state index contributed by atoms with van der Waals surface area (Å²) >= 11 is 0. The Morgan fingerprint density at radius 1 is 1.07 bits per heavy atom. The molecule has 0 aliphatic carbocycles. The lowest BCUT2D eigenvalue weighted by Gasteiger charge is -2.17. The van der Waals surface area contributed by atoms with E-state index in [9.17, 15) is 9.59 Å². The van der Waals surface area contributed by atoms with Crippen LogP contribution in [0.15, 0.2) is 42.5 Å². The zero-order valence-electron chi connectivity index (χ0n) is 16.9. The molecule has 1 atom stereocenters. The lowest BCUT2D eigenvalue weighted by atomic mass is 10.1. The highest BCUT2D eigenvalue weighted by Crippen LogP contribution is 2.27. The summed E-state index contributed by atoms with van der Waals surface area (Å²) in [5.41, 5.74) is 1.29. The van der Waals surface area contributed by atoms with Crippen molar-refractivity contribution in [2.24, 2.45) is 5.92 Å². The maximum absolute atomic E-state index is 12.5. The van der Waals surface area contributed by atoms with E-state index in [1.165, 1.54) is 14.2 Å². The zero-order chi connectivity index (χ0) is 20.8. The third kappa shape index (κ3) is 4.99. The van der Waals surface area contributed by atoms with Gasteiger partial charge in [0.15, 0.2) is 0 Å². The first kappa shape index (κ1) is 20.5. The number of hydrogen-bond donors (Lipinski definition) is 1. The SMILES string of the molecule is CCOc1ccc(N2CC(CNC(=O)c3cc(OC)cc(OC)c3)CC2=O)cc1. The molecule has 0 aromatic heterocycles. The monoisotopic (exact) mass is 398 g/mol. The molecule has 0 saturated carbocycles. The number of anilines is 1. The van der Waals surface area contributed by atoms with Crippen LogP contribution in [0.25, 0.3) is 0 Å². The van der Waals surface area contributed by atoms with Crippen LogP contribution >= 0.6 is 0 Å². The van der Waals surface area contributed by atoms with E-state index < -0.39 is 0 Å². The molecule has 7 heteroatoms. The predicted molar refractivity (Wildman–Crippen MR) is 110 cm³/mol. The highest BCUT2D eigenvalue weighted by molar-refractivity contribution is 5.97. The Morgan fingerprint density at radius 3 is 2.31 bits per heavy atom. The Hall–Kier alpha value is -3.22. The van der Waals surface area contributed by atoms with Crippen LogP contribution in [0.5, 0.6) is 17.2 Å². The molecule has 2 amide bonds. The molecular formula is C22H26N2O5. The van der Waals surface area contributed by atoms with E-state index in [-0.39, 0.29) is 17.7 Å². The number of nitrogens with one attached hydrogen (secondary N) is 1. The van der Waals surface area contributed by atoms with Gasteiger partial charge in [0.05, 0.1) is 20.8 Å². The van der Waals surface area contributed by atoms with Crippen molar-refractivity contribution in [3.05, 3.63) is 48.0 Å². The Balaban J connectivity index is 1.59. The average Bonchev–Trinajstić information content (AvgIpc) is 3.12. The van der Waals surface area contributed by atoms with Crippen LogP contribution in [0, 0.1) is 5.92 Å². The van der Waals surface area contributed by atoms with E-state index in [0.29, 0.717) is 43.2 Å². The molecule has 0 spiro atoms. The molecule has 1 aliphatic rings. The molecular weight excluding hydrogens is 372 g/mol. The second-order valence-corrected chi connectivity index (χ2v) is 6.81. The fraction of sp³-hybridized carbons (Fsp3) is 0.364. The Kier molecular flexibility index (Phi) is 6.59. The van der Waals surface area contributed by atoms with Crippen molar-refractivity contribution < 1.29 is 23.8 Å². The molecule has 7 nitrogen and oxygen atoms in total. The second-order valence-electron chi connectivity index (χ2n) is 6.81. The summed E-state index contributed by atoms with van der Waals surface area (Å²) in [6.45, 7) is 3.51. The van der Waals surface area contributed by atoms with Gasteiger partial charge in [0, 0.05) is 42.7 Å². The van der Waals surface area contributed by atoms with Gasteiger partial charge in [-0.1, -0.05) is 0 Å². The van der Waals surface area contributed by atoms with Gasteiger partial charge in [-0.15, -0.1) is 0 Å². The number of ether oxygens (including phenoxy) is 3. The average molecular weight is 398 g/mol. The minimum atomic E-state index is -0.228. The number of benzene rings is 2. The molecule has 1 saturated heterocycles.